The van der Waals surface area contributed by atoms with Crippen LogP contribution in [0.5, 0.6) is 0 Å². The van der Waals surface area contributed by atoms with Crippen LogP contribution in [0.4, 0.5) is 43.7 Å². The van der Waals surface area contributed by atoms with Crippen molar-refractivity contribution in [2.75, 3.05) is 30.5 Å². The van der Waals surface area contributed by atoms with Gasteiger partial charge in [0.2, 0.25) is 0 Å². The van der Waals surface area contributed by atoms with Crippen LogP contribution in [0.1, 0.15) is 24.0 Å². The second-order valence-corrected chi connectivity index (χ2v) is 8.75. The molecule has 0 unspecified atom stereocenters. The first kappa shape index (κ1) is 26.5. The van der Waals surface area contributed by atoms with Crippen molar-refractivity contribution in [2.24, 2.45) is 0 Å². The van der Waals surface area contributed by atoms with Crippen LogP contribution in [-0.4, -0.2) is 56.4 Å². The Bertz CT molecular complexity index is 1480. The summed E-state index contributed by atoms with van der Waals surface area (Å²) < 4.78 is 85.9. The highest BCUT2D eigenvalue weighted by molar-refractivity contribution is 5.87. The molecule has 0 aliphatic carbocycles. The molecule has 0 amide bonds. The molecule has 0 aromatic carbocycles. The minimum Gasteiger partial charge on any atom is -0.383 e. The van der Waals surface area contributed by atoms with Gasteiger partial charge in [0.1, 0.15) is 22.7 Å². The fourth-order valence-electron chi connectivity index (χ4n) is 4.34. The molecule has 5 heterocycles. The van der Waals surface area contributed by atoms with Crippen LogP contribution in [0.3, 0.4) is 0 Å². The molecular weight excluding hydrogens is 530 g/mol. The van der Waals surface area contributed by atoms with Gasteiger partial charge in [0.05, 0.1) is 35.7 Å². The number of anilines is 3. The maximum Gasteiger partial charge on any atom is 0.418 e. The molecule has 4 aromatic rings. The summed E-state index contributed by atoms with van der Waals surface area (Å²) >= 11 is 0. The Labute approximate surface area is 217 Å². The number of halogens is 6. The van der Waals surface area contributed by atoms with E-state index in [0.717, 1.165) is 37.2 Å². The largest absolute Gasteiger partial charge is 0.418 e. The standard InChI is InChI=1S/C24H20F6N8O/c1-39-12-14-3-2-8-38(14)19-9-15(24(28,29)30)20(37-36-19)17-11-33-21-16(6-7-31-22(21)35-17)34-18-5-4-13(10-32-18)23(25,26)27/h4-7,9-11,14H,2-3,8,12H2,1H3,(H,31,32,34,35)/t14-/m1/s1. The Morgan fingerprint density at radius 2 is 1.82 bits per heavy atom. The van der Waals surface area contributed by atoms with Crippen molar-refractivity contribution in [1.29, 1.82) is 0 Å². The molecule has 0 radical (unpaired) electrons. The molecule has 204 valence electrons. The number of rotatable bonds is 6. The predicted molar refractivity (Wildman–Crippen MR) is 128 cm³/mol. The molecule has 1 aliphatic rings. The number of nitrogens with one attached hydrogen (secondary N) is 1. The maximum absolute atomic E-state index is 14.1. The number of methoxy groups -OCH3 is 1. The molecule has 1 atom stereocenters. The van der Waals surface area contributed by atoms with Crippen LogP contribution >= 0.6 is 0 Å². The van der Waals surface area contributed by atoms with E-state index in [1.807, 2.05) is 0 Å². The number of nitrogens with zero attached hydrogens (tertiary/aromatic N) is 7. The Hall–Kier alpha value is -4.14. The van der Waals surface area contributed by atoms with E-state index in [-0.39, 0.29) is 34.5 Å². The summed E-state index contributed by atoms with van der Waals surface area (Å²) in [4.78, 5) is 18.0. The summed E-state index contributed by atoms with van der Waals surface area (Å²) in [6, 6.07) is 4.33. The van der Waals surface area contributed by atoms with Crippen LogP contribution in [-0.2, 0) is 17.1 Å². The number of pyridine rings is 2. The molecule has 0 bridgehead atoms. The smallest absolute Gasteiger partial charge is 0.383 e. The lowest BCUT2D eigenvalue weighted by molar-refractivity contribution is -0.138. The van der Waals surface area contributed by atoms with E-state index < -0.39 is 29.2 Å². The molecular formula is C24H20F6N8O. The highest BCUT2D eigenvalue weighted by Gasteiger charge is 2.38. The van der Waals surface area contributed by atoms with Crippen molar-refractivity contribution < 1.29 is 31.1 Å². The summed E-state index contributed by atoms with van der Waals surface area (Å²) in [5.41, 5.74) is -2.18. The molecule has 1 fully saturated rings. The third kappa shape index (κ3) is 5.53. The van der Waals surface area contributed by atoms with Gasteiger partial charge in [-0.2, -0.15) is 26.3 Å². The minimum atomic E-state index is -4.75. The third-order valence-electron chi connectivity index (χ3n) is 6.16. The van der Waals surface area contributed by atoms with E-state index in [9.17, 15) is 26.3 Å². The van der Waals surface area contributed by atoms with Gasteiger partial charge >= 0.3 is 12.4 Å². The molecule has 1 aliphatic heterocycles. The number of aromatic nitrogens is 6. The molecule has 0 saturated carbocycles. The van der Waals surface area contributed by atoms with Crippen LogP contribution in [0.25, 0.3) is 22.6 Å². The lowest BCUT2D eigenvalue weighted by atomic mass is 10.1. The van der Waals surface area contributed by atoms with Gasteiger partial charge in [0, 0.05) is 26.0 Å². The second-order valence-electron chi connectivity index (χ2n) is 8.75. The number of ether oxygens (including phenoxy) is 1. The van der Waals surface area contributed by atoms with Gasteiger partial charge in [-0.05, 0) is 37.1 Å². The lowest BCUT2D eigenvalue weighted by Gasteiger charge is -2.25. The van der Waals surface area contributed by atoms with Crippen LogP contribution in [0.2, 0.25) is 0 Å². The summed E-state index contributed by atoms with van der Waals surface area (Å²) in [7, 11) is 1.53. The third-order valence-corrected chi connectivity index (χ3v) is 6.16. The first-order chi connectivity index (χ1) is 18.5. The van der Waals surface area contributed by atoms with E-state index in [0.29, 0.717) is 25.0 Å². The first-order valence-electron chi connectivity index (χ1n) is 11.7. The maximum atomic E-state index is 14.1. The molecule has 15 heteroatoms. The van der Waals surface area contributed by atoms with E-state index in [2.05, 4.69) is 35.5 Å². The van der Waals surface area contributed by atoms with Crippen molar-refractivity contribution in [3.05, 3.63) is 54.0 Å². The quantitative estimate of drug-likeness (QED) is 0.322. The highest BCUT2D eigenvalue weighted by atomic mass is 19.4. The van der Waals surface area contributed by atoms with E-state index in [4.69, 9.17) is 4.74 Å². The zero-order valence-corrected chi connectivity index (χ0v) is 20.3. The summed E-state index contributed by atoms with van der Waals surface area (Å²) in [5.74, 6) is 0.184. The number of fused-ring (bicyclic) bond motifs is 1. The summed E-state index contributed by atoms with van der Waals surface area (Å²) in [6.07, 6.45) is -4.62. The summed E-state index contributed by atoms with van der Waals surface area (Å²) in [6.45, 7) is 0.883. The van der Waals surface area contributed by atoms with Crippen molar-refractivity contribution in [3.63, 3.8) is 0 Å². The zero-order valence-electron chi connectivity index (χ0n) is 20.3. The van der Waals surface area contributed by atoms with Gasteiger partial charge in [0.25, 0.3) is 0 Å². The van der Waals surface area contributed by atoms with Gasteiger partial charge in [0.15, 0.2) is 11.5 Å². The zero-order chi connectivity index (χ0) is 27.8. The van der Waals surface area contributed by atoms with Gasteiger partial charge in [-0.15, -0.1) is 10.2 Å². The monoisotopic (exact) mass is 550 g/mol. The van der Waals surface area contributed by atoms with E-state index in [1.165, 1.54) is 19.4 Å². The molecule has 1 N–H and O–H groups in total. The normalized spacial score (nSPS) is 16.2. The van der Waals surface area contributed by atoms with E-state index in [1.54, 1.807) is 4.90 Å². The van der Waals surface area contributed by atoms with Crippen LogP contribution < -0.4 is 10.2 Å². The molecule has 39 heavy (non-hydrogen) atoms. The fourth-order valence-corrected chi connectivity index (χ4v) is 4.34. The molecule has 4 aromatic heterocycles. The SMILES string of the molecule is COC[C@H]1CCCN1c1cc(C(F)(F)F)c(-c2cnc3c(Nc4ccc(C(F)(F)F)cn4)ccnc3n2)nn1. The minimum absolute atomic E-state index is 0.0110. The van der Waals surface area contributed by atoms with Crippen LogP contribution in [0.15, 0.2) is 42.9 Å². The van der Waals surface area contributed by atoms with E-state index >= 15 is 0 Å². The highest BCUT2D eigenvalue weighted by Crippen LogP contribution is 2.38. The van der Waals surface area contributed by atoms with Gasteiger partial charge in [-0.3, -0.25) is 0 Å². The average molecular weight is 550 g/mol. The number of hydrogen-bond acceptors (Lipinski definition) is 9. The molecule has 5 rings (SSSR count). The van der Waals surface area contributed by atoms with Crippen molar-refractivity contribution in [1.82, 2.24) is 30.1 Å². The fraction of sp³-hybridized carbons (Fsp3) is 0.333. The Balaban J connectivity index is 1.48. The summed E-state index contributed by atoms with van der Waals surface area (Å²) in [5, 5.41) is 10.8. The van der Waals surface area contributed by atoms with Crippen molar-refractivity contribution in [3.8, 4) is 11.4 Å². The van der Waals surface area contributed by atoms with Gasteiger partial charge in [-0.25, -0.2) is 19.9 Å². The number of alkyl halides is 6. The average Bonchev–Trinajstić information content (AvgIpc) is 3.36. The molecule has 9 nitrogen and oxygen atoms in total. The topological polar surface area (TPSA) is 102 Å². The predicted octanol–water partition coefficient (Wildman–Crippen LogP) is 5.27. The Morgan fingerprint density at radius 1 is 1.00 bits per heavy atom. The Morgan fingerprint density at radius 3 is 2.51 bits per heavy atom. The number of hydrogen-bond donors (Lipinski definition) is 1. The van der Waals surface area contributed by atoms with Crippen molar-refractivity contribution >= 4 is 28.5 Å². The van der Waals surface area contributed by atoms with Crippen LogP contribution in [0, 0.1) is 0 Å². The Kier molecular flexibility index (Phi) is 6.92. The second kappa shape index (κ2) is 10.2. The molecule has 1 saturated heterocycles. The van der Waals surface area contributed by atoms with Crippen molar-refractivity contribution in [2.45, 2.75) is 31.2 Å². The first-order valence-corrected chi connectivity index (χ1v) is 11.7. The lowest BCUT2D eigenvalue weighted by Crippen LogP contribution is -2.34. The van der Waals surface area contributed by atoms with Gasteiger partial charge < -0.3 is 15.0 Å². The van der Waals surface area contributed by atoms with Gasteiger partial charge in [-0.1, -0.05) is 0 Å². The molecule has 0 spiro atoms.